The molecule has 19 heavy (non-hydrogen) atoms. The molecule has 0 aliphatic heterocycles. The Hall–Kier alpha value is -1.95. The first-order chi connectivity index (χ1) is 9.22. The van der Waals surface area contributed by atoms with Gasteiger partial charge >= 0.3 is 0 Å². The van der Waals surface area contributed by atoms with E-state index in [2.05, 4.69) is 15.3 Å². The quantitative estimate of drug-likeness (QED) is 0.880. The number of nitrogens with zero attached hydrogens (tertiary/aromatic N) is 2. The average molecular weight is 274 g/mol. The van der Waals surface area contributed by atoms with E-state index in [-0.39, 0.29) is 5.91 Å². The second kappa shape index (κ2) is 4.97. The van der Waals surface area contributed by atoms with Crippen LogP contribution in [0.3, 0.4) is 0 Å². The molecule has 2 heterocycles. The van der Waals surface area contributed by atoms with Gasteiger partial charge in [-0.25, -0.2) is 9.97 Å². The third-order valence-electron chi connectivity index (χ3n) is 3.11. The zero-order valence-corrected chi connectivity index (χ0v) is 11.2. The van der Waals surface area contributed by atoms with Gasteiger partial charge in [0.15, 0.2) is 5.13 Å². The molecule has 98 valence electrons. The molecule has 0 spiro atoms. The van der Waals surface area contributed by atoms with Gasteiger partial charge in [-0.3, -0.25) is 10.1 Å². The Morgan fingerprint density at radius 2 is 2.21 bits per heavy atom. The average Bonchev–Trinajstić information content (AvgIpc) is 2.80. The number of fused-ring (bicyclic) bond motifs is 1. The van der Waals surface area contributed by atoms with Crippen LogP contribution in [0.25, 0.3) is 0 Å². The van der Waals surface area contributed by atoms with E-state index in [1.807, 2.05) is 0 Å². The minimum absolute atomic E-state index is 0.194. The number of carbonyl (C=O) groups excluding carboxylic acids is 1. The Labute approximate surface area is 114 Å². The van der Waals surface area contributed by atoms with Crippen LogP contribution in [0, 0.1) is 0 Å². The number of anilines is 2. The monoisotopic (exact) mass is 274 g/mol. The maximum atomic E-state index is 12.1. The molecule has 6 heteroatoms. The molecular weight excluding hydrogens is 260 g/mol. The summed E-state index contributed by atoms with van der Waals surface area (Å²) in [4.78, 5) is 21.7. The van der Waals surface area contributed by atoms with Crippen LogP contribution in [0.15, 0.2) is 18.3 Å². The van der Waals surface area contributed by atoms with Crippen molar-refractivity contribution < 1.29 is 4.79 Å². The molecule has 0 saturated carbocycles. The van der Waals surface area contributed by atoms with Crippen LogP contribution in [0.1, 0.15) is 33.8 Å². The summed E-state index contributed by atoms with van der Waals surface area (Å²) >= 11 is 1.57. The Morgan fingerprint density at radius 1 is 1.37 bits per heavy atom. The second-order valence-electron chi connectivity index (χ2n) is 4.52. The standard InChI is InChI=1S/C13H14N4OS/c14-11-7-8(5-6-15-11)12(18)17-13-16-9-3-1-2-4-10(9)19-13/h5-7H,1-4H2,(H2,14,15)(H,16,17,18). The summed E-state index contributed by atoms with van der Waals surface area (Å²) in [5.74, 6) is 0.145. The molecule has 0 atom stereocenters. The van der Waals surface area contributed by atoms with Gasteiger partial charge in [0.2, 0.25) is 0 Å². The normalized spacial score (nSPS) is 13.9. The molecule has 0 radical (unpaired) electrons. The smallest absolute Gasteiger partial charge is 0.257 e. The van der Waals surface area contributed by atoms with Gasteiger partial charge in [0.05, 0.1) is 5.69 Å². The van der Waals surface area contributed by atoms with Crippen LogP contribution >= 0.6 is 11.3 Å². The van der Waals surface area contributed by atoms with E-state index < -0.39 is 0 Å². The van der Waals surface area contributed by atoms with Crippen LogP contribution in [0.2, 0.25) is 0 Å². The Bertz CT molecular complexity index is 599. The molecule has 2 aromatic heterocycles. The number of aryl methyl sites for hydroxylation is 2. The number of nitrogens with two attached hydrogens (primary N) is 1. The van der Waals surface area contributed by atoms with Crippen molar-refractivity contribution in [3.05, 3.63) is 34.5 Å². The summed E-state index contributed by atoms with van der Waals surface area (Å²) in [6.07, 6.45) is 6.01. The second-order valence-corrected chi connectivity index (χ2v) is 5.60. The molecule has 0 unspecified atom stereocenters. The minimum Gasteiger partial charge on any atom is -0.384 e. The lowest BCUT2D eigenvalue weighted by molar-refractivity contribution is 0.102. The molecule has 1 amide bonds. The fraction of sp³-hybridized carbons (Fsp3) is 0.308. The third-order valence-corrected chi connectivity index (χ3v) is 4.18. The summed E-state index contributed by atoms with van der Waals surface area (Å²) in [5.41, 5.74) is 7.21. The molecule has 3 rings (SSSR count). The number of hydrogen-bond donors (Lipinski definition) is 2. The van der Waals surface area contributed by atoms with E-state index in [4.69, 9.17) is 5.73 Å². The van der Waals surface area contributed by atoms with Gasteiger partial charge in [-0.1, -0.05) is 0 Å². The fourth-order valence-corrected chi connectivity index (χ4v) is 3.21. The Balaban J connectivity index is 1.77. The summed E-state index contributed by atoms with van der Waals surface area (Å²) in [7, 11) is 0. The number of nitrogen functional groups attached to an aromatic ring is 1. The SMILES string of the molecule is Nc1cc(C(=O)Nc2nc3c(s2)CCCC3)ccn1. The van der Waals surface area contributed by atoms with Crippen LogP contribution in [0.4, 0.5) is 10.9 Å². The fourth-order valence-electron chi connectivity index (χ4n) is 2.16. The number of rotatable bonds is 2. The van der Waals surface area contributed by atoms with Gasteiger partial charge < -0.3 is 5.73 Å². The van der Waals surface area contributed by atoms with Gasteiger partial charge in [-0.05, 0) is 37.8 Å². The summed E-state index contributed by atoms with van der Waals surface area (Å²) < 4.78 is 0. The summed E-state index contributed by atoms with van der Waals surface area (Å²) in [6, 6.07) is 3.20. The number of nitrogens with one attached hydrogen (secondary N) is 1. The summed E-state index contributed by atoms with van der Waals surface area (Å²) in [6.45, 7) is 0. The molecule has 5 nitrogen and oxygen atoms in total. The van der Waals surface area contributed by atoms with Crippen molar-refractivity contribution in [2.45, 2.75) is 25.7 Å². The number of carbonyl (C=O) groups is 1. The molecular formula is C13H14N4OS. The topological polar surface area (TPSA) is 80.9 Å². The van der Waals surface area contributed by atoms with Gasteiger partial charge in [0.1, 0.15) is 5.82 Å². The zero-order valence-electron chi connectivity index (χ0n) is 10.3. The Kier molecular flexibility index (Phi) is 3.16. The van der Waals surface area contributed by atoms with Gasteiger partial charge in [-0.2, -0.15) is 0 Å². The van der Waals surface area contributed by atoms with E-state index in [0.717, 1.165) is 18.5 Å². The Morgan fingerprint density at radius 3 is 3.00 bits per heavy atom. The van der Waals surface area contributed by atoms with Crippen LogP contribution in [-0.2, 0) is 12.8 Å². The van der Waals surface area contributed by atoms with Gasteiger partial charge in [0.25, 0.3) is 5.91 Å². The first kappa shape index (κ1) is 12.1. The summed E-state index contributed by atoms with van der Waals surface area (Å²) in [5, 5.41) is 3.50. The first-order valence-corrected chi connectivity index (χ1v) is 7.05. The van der Waals surface area contributed by atoms with E-state index in [9.17, 15) is 4.79 Å². The predicted octanol–water partition coefficient (Wildman–Crippen LogP) is 2.25. The van der Waals surface area contributed by atoms with E-state index >= 15 is 0 Å². The van der Waals surface area contributed by atoms with E-state index in [1.54, 1.807) is 23.5 Å². The van der Waals surface area contributed by atoms with Gasteiger partial charge in [-0.15, -0.1) is 11.3 Å². The van der Waals surface area contributed by atoms with Crippen molar-refractivity contribution in [3.8, 4) is 0 Å². The molecule has 0 fully saturated rings. The lowest BCUT2D eigenvalue weighted by Gasteiger charge is -2.06. The highest BCUT2D eigenvalue weighted by atomic mass is 32.1. The highest BCUT2D eigenvalue weighted by molar-refractivity contribution is 7.15. The highest BCUT2D eigenvalue weighted by Crippen LogP contribution is 2.29. The number of aromatic nitrogens is 2. The number of hydrogen-bond acceptors (Lipinski definition) is 5. The molecule has 2 aromatic rings. The maximum absolute atomic E-state index is 12.1. The molecule has 0 bridgehead atoms. The van der Waals surface area contributed by atoms with Crippen molar-refractivity contribution in [3.63, 3.8) is 0 Å². The lowest BCUT2D eigenvalue weighted by Crippen LogP contribution is -2.12. The molecule has 3 N–H and O–H groups in total. The van der Waals surface area contributed by atoms with E-state index in [1.165, 1.54) is 23.9 Å². The van der Waals surface area contributed by atoms with Gasteiger partial charge in [0, 0.05) is 16.6 Å². The minimum atomic E-state index is -0.194. The maximum Gasteiger partial charge on any atom is 0.257 e. The number of pyridine rings is 1. The highest BCUT2D eigenvalue weighted by Gasteiger charge is 2.16. The largest absolute Gasteiger partial charge is 0.384 e. The van der Waals surface area contributed by atoms with Crippen LogP contribution < -0.4 is 11.1 Å². The molecule has 1 aliphatic rings. The van der Waals surface area contributed by atoms with Crippen LogP contribution in [0.5, 0.6) is 0 Å². The lowest BCUT2D eigenvalue weighted by atomic mass is 10.0. The van der Waals surface area contributed by atoms with Crippen molar-refractivity contribution in [2.75, 3.05) is 11.1 Å². The molecule has 0 saturated heterocycles. The van der Waals surface area contributed by atoms with Crippen LogP contribution in [-0.4, -0.2) is 15.9 Å². The van der Waals surface area contributed by atoms with Crippen molar-refractivity contribution in [2.24, 2.45) is 0 Å². The molecule has 1 aliphatic carbocycles. The molecule has 0 aromatic carbocycles. The van der Waals surface area contributed by atoms with Crippen molar-refractivity contribution >= 4 is 28.2 Å². The number of amides is 1. The van der Waals surface area contributed by atoms with E-state index in [0.29, 0.717) is 16.5 Å². The first-order valence-electron chi connectivity index (χ1n) is 6.24. The third kappa shape index (κ3) is 2.58. The zero-order chi connectivity index (χ0) is 13.2. The van der Waals surface area contributed by atoms with Crippen molar-refractivity contribution in [1.29, 1.82) is 0 Å². The number of thiazole rings is 1. The predicted molar refractivity (Wildman–Crippen MR) is 75.4 cm³/mol. The van der Waals surface area contributed by atoms with Crippen molar-refractivity contribution in [1.82, 2.24) is 9.97 Å².